The summed E-state index contributed by atoms with van der Waals surface area (Å²) in [5.41, 5.74) is 1.70. The molecule has 9 heteroatoms. The topological polar surface area (TPSA) is 76.9 Å². The molecule has 0 spiro atoms. The van der Waals surface area contributed by atoms with Gasteiger partial charge in [0.1, 0.15) is 31.0 Å². The molecule has 0 N–H and O–H groups in total. The summed E-state index contributed by atoms with van der Waals surface area (Å²) in [6.07, 6.45) is 6.66. The Labute approximate surface area is 203 Å². The molecule has 0 radical (unpaired) electrons. The summed E-state index contributed by atoms with van der Waals surface area (Å²) in [4.78, 5) is 32.6. The van der Waals surface area contributed by atoms with E-state index in [4.69, 9.17) is 9.47 Å². The molecule has 2 aliphatic rings. The number of ether oxygens (including phenoxy) is 2. The van der Waals surface area contributed by atoms with E-state index >= 15 is 0 Å². The average Bonchev–Trinajstić information content (AvgIpc) is 3.58. The second kappa shape index (κ2) is 10.3. The summed E-state index contributed by atoms with van der Waals surface area (Å²) in [6.45, 7) is 1.82. The summed E-state index contributed by atoms with van der Waals surface area (Å²) in [5, 5.41) is 0.994. The van der Waals surface area contributed by atoms with Gasteiger partial charge < -0.3 is 23.8 Å². The van der Waals surface area contributed by atoms with Gasteiger partial charge in [-0.05, 0) is 49.2 Å². The lowest BCUT2D eigenvalue weighted by atomic mass is 10.1. The lowest BCUT2D eigenvalue weighted by molar-refractivity contribution is 0.0644. The van der Waals surface area contributed by atoms with Gasteiger partial charge in [0.2, 0.25) is 0 Å². The van der Waals surface area contributed by atoms with Crippen LogP contribution in [0.3, 0.4) is 0 Å². The van der Waals surface area contributed by atoms with Crippen molar-refractivity contribution >= 4 is 22.9 Å². The fourth-order valence-electron chi connectivity index (χ4n) is 4.73. The van der Waals surface area contributed by atoms with Crippen molar-refractivity contribution in [2.45, 2.75) is 31.8 Å². The third-order valence-electron chi connectivity index (χ3n) is 6.60. The Kier molecular flexibility index (Phi) is 6.83. The minimum Gasteiger partial charge on any atom is -0.489 e. The molecule has 8 nitrogen and oxygen atoms in total. The van der Waals surface area contributed by atoms with Gasteiger partial charge in [-0.3, -0.25) is 4.79 Å². The van der Waals surface area contributed by atoms with Crippen LogP contribution >= 0.6 is 0 Å². The van der Waals surface area contributed by atoms with Gasteiger partial charge in [-0.1, -0.05) is 0 Å². The number of alkyl halides is 1. The number of pyridine rings is 1. The van der Waals surface area contributed by atoms with Crippen molar-refractivity contribution in [3.05, 3.63) is 54.4 Å². The summed E-state index contributed by atoms with van der Waals surface area (Å²) < 4.78 is 25.1. The molecular weight excluding hydrogens is 451 g/mol. The van der Waals surface area contributed by atoms with Gasteiger partial charge in [0.15, 0.2) is 0 Å². The normalized spacial score (nSPS) is 16.6. The molecule has 2 saturated heterocycles. The van der Waals surface area contributed by atoms with Gasteiger partial charge >= 0.3 is 6.09 Å². The maximum atomic E-state index is 12.7. The van der Waals surface area contributed by atoms with Gasteiger partial charge in [0.25, 0.3) is 5.91 Å². The smallest absolute Gasteiger partial charge is 0.409 e. The number of piperidine rings is 1. The Hall–Kier alpha value is -3.62. The zero-order chi connectivity index (χ0) is 24.2. The highest BCUT2D eigenvalue weighted by atomic mass is 19.1. The van der Waals surface area contributed by atoms with Crippen molar-refractivity contribution < 1.29 is 23.5 Å². The maximum absolute atomic E-state index is 12.7. The summed E-state index contributed by atoms with van der Waals surface area (Å²) >= 11 is 0. The van der Waals surface area contributed by atoms with Crippen molar-refractivity contribution in [1.29, 1.82) is 0 Å². The van der Waals surface area contributed by atoms with E-state index < -0.39 is 12.8 Å². The Balaban J connectivity index is 1.21. The predicted octanol–water partition coefficient (Wildman–Crippen LogP) is 4.21. The number of benzene rings is 1. The Bertz CT molecular complexity index is 1180. The summed E-state index contributed by atoms with van der Waals surface area (Å²) in [7, 11) is 0. The van der Waals surface area contributed by atoms with E-state index in [0.29, 0.717) is 31.7 Å². The molecule has 2 aliphatic heterocycles. The Morgan fingerprint density at radius 2 is 1.80 bits per heavy atom. The monoisotopic (exact) mass is 480 g/mol. The van der Waals surface area contributed by atoms with E-state index in [2.05, 4.69) is 4.98 Å². The van der Waals surface area contributed by atoms with E-state index in [1.54, 1.807) is 11.1 Å². The van der Waals surface area contributed by atoms with Crippen LogP contribution in [-0.4, -0.2) is 76.9 Å². The molecule has 0 bridgehead atoms. The molecule has 184 valence electrons. The van der Waals surface area contributed by atoms with E-state index in [-0.39, 0.29) is 18.6 Å². The first kappa shape index (κ1) is 23.1. The van der Waals surface area contributed by atoms with Crippen LogP contribution in [0.25, 0.3) is 16.7 Å². The van der Waals surface area contributed by atoms with E-state index in [0.717, 1.165) is 48.2 Å². The van der Waals surface area contributed by atoms with Gasteiger partial charge in [-0.15, -0.1) is 0 Å². The number of carbonyl (C=O) groups excluding carboxylic acids is 2. The van der Waals surface area contributed by atoms with Crippen LogP contribution in [0.15, 0.2) is 48.8 Å². The molecule has 1 aromatic carbocycles. The number of rotatable bonds is 6. The Morgan fingerprint density at radius 3 is 2.51 bits per heavy atom. The number of amides is 2. The van der Waals surface area contributed by atoms with Crippen molar-refractivity contribution in [2.75, 3.05) is 39.5 Å². The molecule has 2 fully saturated rings. The third kappa shape index (κ3) is 5.08. The lowest BCUT2D eigenvalue weighted by Gasteiger charge is -2.31. The van der Waals surface area contributed by atoms with Crippen LogP contribution in [0.4, 0.5) is 9.18 Å². The third-order valence-corrected chi connectivity index (χ3v) is 6.60. The van der Waals surface area contributed by atoms with E-state index in [1.165, 1.54) is 0 Å². The number of nitrogens with zero attached hydrogens (tertiary/aromatic N) is 4. The minimum absolute atomic E-state index is 0.0214. The van der Waals surface area contributed by atoms with Gasteiger partial charge in [-0.25, -0.2) is 14.2 Å². The van der Waals surface area contributed by atoms with Gasteiger partial charge in [-0.2, -0.15) is 0 Å². The van der Waals surface area contributed by atoms with Crippen molar-refractivity contribution in [3.8, 4) is 11.6 Å². The molecule has 0 atom stereocenters. The zero-order valence-electron chi connectivity index (χ0n) is 19.6. The second-order valence-electron chi connectivity index (χ2n) is 8.92. The summed E-state index contributed by atoms with van der Waals surface area (Å²) in [6, 6.07) is 11.6. The molecule has 5 rings (SSSR count). The molecule has 2 amide bonds. The van der Waals surface area contributed by atoms with Crippen LogP contribution in [0.2, 0.25) is 0 Å². The highest BCUT2D eigenvalue weighted by Crippen LogP contribution is 2.24. The number of halogens is 1. The summed E-state index contributed by atoms with van der Waals surface area (Å²) in [5.74, 6) is 1.53. The van der Waals surface area contributed by atoms with E-state index in [9.17, 15) is 14.0 Å². The van der Waals surface area contributed by atoms with Gasteiger partial charge in [0.05, 0.1) is 11.7 Å². The quantitative estimate of drug-likeness (QED) is 0.528. The zero-order valence-corrected chi connectivity index (χ0v) is 19.6. The van der Waals surface area contributed by atoms with Crippen LogP contribution in [-0.2, 0) is 4.74 Å². The average molecular weight is 481 g/mol. The number of aromatic nitrogens is 2. The highest BCUT2D eigenvalue weighted by molar-refractivity contribution is 5.98. The molecule has 0 saturated carbocycles. The fourth-order valence-corrected chi connectivity index (χ4v) is 4.73. The SMILES string of the molecule is O=C(OCCF)N1CCC(Oc2ccc(-n3ccc4cc(C(=O)N5CCCC5)ccc43)nc2)CC1. The first-order valence-electron chi connectivity index (χ1n) is 12.1. The highest BCUT2D eigenvalue weighted by Gasteiger charge is 2.25. The first-order valence-corrected chi connectivity index (χ1v) is 12.1. The van der Waals surface area contributed by atoms with Crippen LogP contribution < -0.4 is 4.74 Å². The fraction of sp³-hybridized carbons (Fsp3) is 0.423. The van der Waals surface area contributed by atoms with Crippen LogP contribution in [0.1, 0.15) is 36.0 Å². The minimum atomic E-state index is -0.674. The molecule has 35 heavy (non-hydrogen) atoms. The molecule has 2 aromatic heterocycles. The van der Waals surface area contributed by atoms with Crippen molar-refractivity contribution in [2.24, 2.45) is 0 Å². The number of fused-ring (bicyclic) bond motifs is 1. The van der Waals surface area contributed by atoms with E-state index in [1.807, 2.05) is 52.1 Å². The van der Waals surface area contributed by atoms with Gasteiger partial charge in [0, 0.05) is 56.2 Å². The lowest BCUT2D eigenvalue weighted by Crippen LogP contribution is -2.42. The molecule has 4 heterocycles. The molecule has 0 unspecified atom stereocenters. The van der Waals surface area contributed by atoms with Crippen LogP contribution in [0, 0.1) is 0 Å². The first-order chi connectivity index (χ1) is 17.1. The van der Waals surface area contributed by atoms with Crippen LogP contribution in [0.5, 0.6) is 5.75 Å². The number of hydrogen-bond acceptors (Lipinski definition) is 5. The predicted molar refractivity (Wildman–Crippen MR) is 129 cm³/mol. The number of carbonyl (C=O) groups is 2. The second-order valence-corrected chi connectivity index (χ2v) is 8.92. The molecule has 0 aliphatic carbocycles. The largest absolute Gasteiger partial charge is 0.489 e. The van der Waals surface area contributed by atoms with Crippen molar-refractivity contribution in [3.63, 3.8) is 0 Å². The molecular formula is C26H29FN4O4. The van der Waals surface area contributed by atoms with Crippen molar-refractivity contribution in [1.82, 2.24) is 19.4 Å². The maximum Gasteiger partial charge on any atom is 0.409 e. The standard InChI is InChI=1S/C26H29FN4O4/c27-10-16-34-26(33)30-13-8-21(9-14-30)35-22-4-6-24(28-18-22)31-15-7-19-17-20(3-5-23(19)31)25(32)29-11-1-2-12-29/h3-7,15,17-18,21H,1-2,8-14,16H2. The Morgan fingerprint density at radius 1 is 1.00 bits per heavy atom. The number of hydrogen-bond donors (Lipinski definition) is 0. The molecule has 3 aromatic rings. The number of likely N-dealkylation sites (tertiary alicyclic amines) is 2.